The molecule has 0 unspecified atom stereocenters. The normalized spacial score (nSPS) is 11.7. The monoisotopic (exact) mass is 561 g/mol. The van der Waals surface area contributed by atoms with E-state index in [1.54, 1.807) is 48.8 Å². The first-order valence-corrected chi connectivity index (χ1v) is 13.6. The molecule has 3 N–H and O–H groups in total. The Labute approximate surface area is 231 Å². The molecule has 0 aliphatic rings. The van der Waals surface area contributed by atoms with Crippen LogP contribution in [0.1, 0.15) is 5.56 Å². The summed E-state index contributed by atoms with van der Waals surface area (Å²) in [6.07, 6.45) is 6.52. The minimum Gasteiger partial charge on any atom is -0.497 e. The molecule has 0 saturated heterocycles. The lowest BCUT2D eigenvalue weighted by Crippen LogP contribution is -2.13. The van der Waals surface area contributed by atoms with Gasteiger partial charge in [-0.05, 0) is 55.6 Å². The lowest BCUT2D eigenvalue weighted by atomic mass is 10.0. The van der Waals surface area contributed by atoms with Crippen molar-refractivity contribution in [1.29, 1.82) is 5.26 Å². The minimum atomic E-state index is -4.73. The van der Waals surface area contributed by atoms with E-state index in [4.69, 9.17) is 9.26 Å². The molecule has 0 aliphatic carbocycles. The van der Waals surface area contributed by atoms with Crippen LogP contribution in [0.4, 0.5) is 5.69 Å². The molecule has 40 heavy (non-hydrogen) atoms. The van der Waals surface area contributed by atoms with Gasteiger partial charge in [0.15, 0.2) is 0 Å². The number of phosphoric ester groups is 1. The number of amides is 1. The van der Waals surface area contributed by atoms with E-state index in [0.29, 0.717) is 45.7 Å². The molecule has 0 atom stereocenters. The molecule has 0 radical (unpaired) electrons. The van der Waals surface area contributed by atoms with Crippen LogP contribution in [0.25, 0.3) is 33.3 Å². The summed E-state index contributed by atoms with van der Waals surface area (Å²) in [6, 6.07) is 16.3. The molecular formula is C28H28N5O6P. The average Bonchev–Trinajstić information content (AvgIpc) is 3.29. The zero-order valence-electron chi connectivity index (χ0n) is 22.1. The maximum Gasteiger partial charge on any atom is 0.471 e. The number of benzene rings is 2. The van der Waals surface area contributed by atoms with Gasteiger partial charge < -0.3 is 29.3 Å². The zero-order chi connectivity index (χ0) is 28.9. The van der Waals surface area contributed by atoms with Crippen LogP contribution in [0.15, 0.2) is 73.1 Å². The van der Waals surface area contributed by atoms with E-state index in [0.717, 1.165) is 11.1 Å². The highest BCUT2D eigenvalue weighted by Crippen LogP contribution is 2.39. The molecule has 2 aromatic carbocycles. The molecule has 1 amide bonds. The first kappa shape index (κ1) is 28.7. The second-order valence-corrected chi connectivity index (χ2v) is 10.4. The molecule has 4 rings (SSSR count). The van der Waals surface area contributed by atoms with Crippen LogP contribution in [-0.4, -0.2) is 57.9 Å². The van der Waals surface area contributed by atoms with Crippen molar-refractivity contribution in [3.63, 3.8) is 0 Å². The predicted molar refractivity (Wildman–Crippen MR) is 151 cm³/mol. The Morgan fingerprint density at radius 2 is 1.98 bits per heavy atom. The van der Waals surface area contributed by atoms with Crippen molar-refractivity contribution >= 4 is 30.5 Å². The number of aromatic nitrogens is 2. The van der Waals surface area contributed by atoms with Gasteiger partial charge in [-0.1, -0.05) is 18.2 Å². The van der Waals surface area contributed by atoms with E-state index in [1.165, 1.54) is 17.8 Å². The smallest absolute Gasteiger partial charge is 0.471 e. The SMILES string of the molecule is COc1cc(NC(=O)C=CCN(C)C)cc(-c2cnc3c(c2)c(-c2cccc(C#N)c2)cn3COP(=O)(O)O)c1. The fraction of sp³-hybridized carbons (Fsp3) is 0.179. The number of anilines is 1. The van der Waals surface area contributed by atoms with Gasteiger partial charge in [0.05, 0.1) is 18.7 Å². The molecule has 2 heterocycles. The molecular weight excluding hydrogens is 533 g/mol. The third-order valence-corrected chi connectivity index (χ3v) is 6.32. The lowest BCUT2D eigenvalue weighted by molar-refractivity contribution is -0.111. The topological polar surface area (TPSA) is 150 Å². The summed E-state index contributed by atoms with van der Waals surface area (Å²) >= 11 is 0. The van der Waals surface area contributed by atoms with Crippen LogP contribution >= 0.6 is 7.82 Å². The highest BCUT2D eigenvalue weighted by Gasteiger charge is 2.18. The number of nitriles is 1. The van der Waals surface area contributed by atoms with Crippen LogP contribution in [0.2, 0.25) is 0 Å². The number of likely N-dealkylation sites (N-methyl/N-ethyl adjacent to an activating group) is 1. The standard InChI is InChI=1S/C28H28N5O6P/c1-32(2)9-5-8-27(34)31-23-11-21(12-24(14-23)38-3)22-13-25-26(20-7-4-6-19(10-20)15-29)17-33(28(25)30-16-22)18-39-40(35,36)37/h4-8,10-14,16-17H,9,18H2,1-3H3,(H,31,34)(H2,35,36,37). The highest BCUT2D eigenvalue weighted by atomic mass is 31.2. The maximum atomic E-state index is 12.4. The third kappa shape index (κ3) is 7.21. The lowest BCUT2D eigenvalue weighted by Gasteiger charge is -2.11. The number of hydrogen-bond donors (Lipinski definition) is 3. The number of ether oxygens (including phenoxy) is 1. The number of methoxy groups -OCH3 is 1. The molecule has 11 nitrogen and oxygen atoms in total. The maximum absolute atomic E-state index is 12.4. The molecule has 0 bridgehead atoms. The Hall–Kier alpha value is -4.30. The zero-order valence-corrected chi connectivity index (χ0v) is 23.0. The van der Waals surface area contributed by atoms with Crippen molar-refractivity contribution < 1.29 is 28.4 Å². The number of pyridine rings is 1. The summed E-state index contributed by atoms with van der Waals surface area (Å²) < 4.78 is 23.0. The molecule has 206 valence electrons. The van der Waals surface area contributed by atoms with Gasteiger partial charge in [0.1, 0.15) is 18.1 Å². The summed E-state index contributed by atoms with van der Waals surface area (Å²) in [5.41, 5.74) is 4.26. The highest BCUT2D eigenvalue weighted by molar-refractivity contribution is 7.46. The van der Waals surface area contributed by atoms with E-state index in [9.17, 15) is 24.4 Å². The number of nitrogens with zero attached hydrogens (tertiary/aromatic N) is 4. The number of carbonyl (C=O) groups excluding carboxylic acids is 1. The van der Waals surface area contributed by atoms with Crippen LogP contribution in [0, 0.1) is 11.3 Å². The van der Waals surface area contributed by atoms with Gasteiger partial charge in [0.2, 0.25) is 5.91 Å². The molecule has 0 aliphatic heterocycles. The van der Waals surface area contributed by atoms with Gasteiger partial charge in [0, 0.05) is 53.3 Å². The van der Waals surface area contributed by atoms with Crippen LogP contribution in [0.5, 0.6) is 5.75 Å². The van der Waals surface area contributed by atoms with E-state index in [1.807, 2.05) is 37.2 Å². The fourth-order valence-corrected chi connectivity index (χ4v) is 4.34. The first-order chi connectivity index (χ1) is 19.1. The van der Waals surface area contributed by atoms with Gasteiger partial charge in [-0.3, -0.25) is 9.32 Å². The number of fused-ring (bicyclic) bond motifs is 1. The largest absolute Gasteiger partial charge is 0.497 e. The van der Waals surface area contributed by atoms with Crippen molar-refractivity contribution in [2.45, 2.75) is 6.73 Å². The van der Waals surface area contributed by atoms with Crippen LogP contribution in [0.3, 0.4) is 0 Å². The van der Waals surface area contributed by atoms with Crippen molar-refractivity contribution in [2.75, 3.05) is 33.1 Å². The number of rotatable bonds is 10. The summed E-state index contributed by atoms with van der Waals surface area (Å²) in [5, 5.41) is 12.9. The van der Waals surface area contributed by atoms with Crippen molar-refractivity contribution in [1.82, 2.24) is 14.5 Å². The van der Waals surface area contributed by atoms with Crippen molar-refractivity contribution in [3.05, 3.63) is 78.6 Å². The summed E-state index contributed by atoms with van der Waals surface area (Å²) in [4.78, 5) is 37.4. The number of carbonyl (C=O) groups is 1. The molecule has 0 fully saturated rings. The van der Waals surface area contributed by atoms with Gasteiger partial charge in [-0.15, -0.1) is 0 Å². The van der Waals surface area contributed by atoms with Crippen LogP contribution < -0.4 is 10.1 Å². The number of nitrogens with one attached hydrogen (secondary N) is 1. The summed E-state index contributed by atoms with van der Waals surface area (Å²) in [7, 11) is 0.622. The second kappa shape index (κ2) is 12.3. The molecule has 2 aromatic heterocycles. The number of hydrogen-bond acceptors (Lipinski definition) is 7. The van der Waals surface area contributed by atoms with E-state index in [2.05, 4.69) is 16.4 Å². The Balaban J connectivity index is 1.78. The van der Waals surface area contributed by atoms with E-state index >= 15 is 0 Å². The quantitative estimate of drug-likeness (QED) is 0.189. The van der Waals surface area contributed by atoms with Gasteiger partial charge in [-0.2, -0.15) is 5.26 Å². The third-order valence-electron chi connectivity index (χ3n) is 5.86. The van der Waals surface area contributed by atoms with Crippen molar-refractivity contribution in [3.8, 4) is 34.1 Å². The Morgan fingerprint density at radius 1 is 1.18 bits per heavy atom. The molecule has 0 spiro atoms. The predicted octanol–water partition coefficient (Wildman–Crippen LogP) is 4.37. The van der Waals surface area contributed by atoms with E-state index in [-0.39, 0.29) is 5.91 Å². The first-order valence-electron chi connectivity index (χ1n) is 12.1. The van der Waals surface area contributed by atoms with Crippen LogP contribution in [-0.2, 0) is 20.6 Å². The van der Waals surface area contributed by atoms with Gasteiger partial charge in [0.25, 0.3) is 0 Å². The minimum absolute atomic E-state index is 0.281. The summed E-state index contributed by atoms with van der Waals surface area (Å²) in [5.74, 6) is 0.246. The number of phosphoric acid groups is 1. The van der Waals surface area contributed by atoms with Crippen molar-refractivity contribution in [2.24, 2.45) is 0 Å². The molecule has 0 saturated carbocycles. The molecule has 4 aromatic rings. The van der Waals surface area contributed by atoms with Gasteiger partial charge in [-0.25, -0.2) is 9.55 Å². The van der Waals surface area contributed by atoms with E-state index < -0.39 is 14.6 Å². The average molecular weight is 562 g/mol. The molecule has 12 heteroatoms. The summed E-state index contributed by atoms with van der Waals surface area (Å²) in [6.45, 7) is 0.197. The Kier molecular flexibility index (Phi) is 8.80. The fourth-order valence-electron chi connectivity index (χ4n) is 4.06. The Morgan fingerprint density at radius 3 is 2.67 bits per heavy atom. The Bertz CT molecular complexity index is 1670. The van der Waals surface area contributed by atoms with Gasteiger partial charge >= 0.3 is 7.82 Å². The second-order valence-electron chi connectivity index (χ2n) is 9.15.